The van der Waals surface area contributed by atoms with Crippen LogP contribution < -0.4 is 0 Å². The zero-order chi connectivity index (χ0) is 28.2. The molecule has 0 aliphatic rings. The Morgan fingerprint density at radius 2 is 1.37 bits per heavy atom. The Morgan fingerprint density at radius 3 is 2.10 bits per heavy atom. The Labute approximate surface area is 240 Å². The number of rotatable bonds is 5. The maximum atomic E-state index is 6.47. The molecule has 0 saturated carbocycles. The zero-order valence-electron chi connectivity index (χ0n) is 24.1. The van der Waals surface area contributed by atoms with Crippen LogP contribution in [-0.2, 0) is 0 Å². The van der Waals surface area contributed by atoms with Crippen molar-refractivity contribution in [3.05, 3.63) is 114 Å². The van der Waals surface area contributed by atoms with Gasteiger partial charge in [-0.25, -0.2) is 9.97 Å². The van der Waals surface area contributed by atoms with E-state index in [0.717, 1.165) is 44.5 Å². The molecule has 0 fully saturated rings. The van der Waals surface area contributed by atoms with Gasteiger partial charge in [-0.05, 0) is 83.5 Å². The Bertz CT molecular complexity index is 2030. The van der Waals surface area contributed by atoms with Crippen LogP contribution in [0.1, 0.15) is 56.4 Å². The molecule has 0 bridgehead atoms. The molecule has 4 aromatic carbocycles. The molecule has 3 heterocycles. The number of aromatic nitrogens is 3. The molecule has 202 valence electrons. The lowest BCUT2D eigenvalue weighted by molar-refractivity contribution is 0.653. The predicted molar refractivity (Wildman–Crippen MR) is 170 cm³/mol. The summed E-state index contributed by atoms with van der Waals surface area (Å²) in [5.74, 6) is 1.48. The first-order chi connectivity index (χ1) is 19.9. The number of para-hydroxylation sites is 3. The van der Waals surface area contributed by atoms with E-state index >= 15 is 0 Å². The fourth-order valence-electron chi connectivity index (χ4n) is 6.00. The van der Waals surface area contributed by atoms with Crippen LogP contribution in [0.15, 0.2) is 101 Å². The minimum absolute atomic E-state index is 0.300. The summed E-state index contributed by atoms with van der Waals surface area (Å²) < 4.78 is 8.84. The molecule has 0 aliphatic carbocycles. The summed E-state index contributed by atoms with van der Waals surface area (Å²) in [5, 5.41) is 2.07. The Balaban J connectivity index is 1.59. The van der Waals surface area contributed by atoms with Gasteiger partial charge < -0.3 is 4.42 Å². The maximum absolute atomic E-state index is 6.47. The van der Waals surface area contributed by atoms with Crippen molar-refractivity contribution >= 4 is 33.1 Å². The molecule has 7 rings (SSSR count). The standard InChI is InChI=1S/C37H33N3O/c1-22(2)30-20-26(25-12-7-6-8-13-25)21-31(23(3)4)34(30)40-33-17-10-9-16-32(33)39-36(40)29-15-11-14-27-28-19-18-24(5)38-37(28)41-35(27)29/h6-23H,1-5H3. The van der Waals surface area contributed by atoms with E-state index < -0.39 is 0 Å². The van der Waals surface area contributed by atoms with Crippen LogP contribution in [0.2, 0.25) is 0 Å². The van der Waals surface area contributed by atoms with E-state index in [-0.39, 0.29) is 0 Å². The van der Waals surface area contributed by atoms with Crippen molar-refractivity contribution in [3.8, 4) is 28.2 Å². The van der Waals surface area contributed by atoms with Crippen molar-refractivity contribution in [2.24, 2.45) is 0 Å². The third kappa shape index (κ3) is 4.13. The second kappa shape index (κ2) is 9.74. The van der Waals surface area contributed by atoms with Crippen molar-refractivity contribution in [2.45, 2.75) is 46.5 Å². The van der Waals surface area contributed by atoms with Gasteiger partial charge in [0.25, 0.3) is 0 Å². The molecule has 0 N–H and O–H groups in total. The van der Waals surface area contributed by atoms with Crippen LogP contribution in [-0.4, -0.2) is 14.5 Å². The highest BCUT2D eigenvalue weighted by molar-refractivity contribution is 6.08. The van der Waals surface area contributed by atoms with Crippen LogP contribution in [0.4, 0.5) is 0 Å². The zero-order valence-corrected chi connectivity index (χ0v) is 24.1. The monoisotopic (exact) mass is 535 g/mol. The van der Waals surface area contributed by atoms with Gasteiger partial charge in [0.1, 0.15) is 11.4 Å². The second-order valence-electron chi connectivity index (χ2n) is 11.5. The molecule has 0 saturated heterocycles. The summed E-state index contributed by atoms with van der Waals surface area (Å²) in [6.07, 6.45) is 0. The van der Waals surface area contributed by atoms with E-state index in [1.54, 1.807) is 0 Å². The van der Waals surface area contributed by atoms with Gasteiger partial charge in [0, 0.05) is 16.5 Å². The summed E-state index contributed by atoms with van der Waals surface area (Å²) in [6, 6.07) is 34.3. The van der Waals surface area contributed by atoms with Crippen molar-refractivity contribution in [2.75, 3.05) is 0 Å². The van der Waals surface area contributed by atoms with Gasteiger partial charge in [0.15, 0.2) is 0 Å². The van der Waals surface area contributed by atoms with E-state index in [1.807, 2.05) is 13.0 Å². The smallest absolute Gasteiger partial charge is 0.227 e. The number of hydrogen-bond donors (Lipinski definition) is 0. The van der Waals surface area contributed by atoms with Crippen molar-refractivity contribution in [1.29, 1.82) is 0 Å². The van der Waals surface area contributed by atoms with Gasteiger partial charge in [-0.2, -0.15) is 0 Å². The van der Waals surface area contributed by atoms with E-state index in [1.165, 1.54) is 27.9 Å². The highest BCUT2D eigenvalue weighted by atomic mass is 16.3. The molecule has 0 aliphatic heterocycles. The maximum Gasteiger partial charge on any atom is 0.227 e. The third-order valence-electron chi connectivity index (χ3n) is 8.05. The normalized spacial score (nSPS) is 12.0. The Kier molecular flexibility index (Phi) is 6.01. The Hall–Kier alpha value is -4.70. The summed E-state index contributed by atoms with van der Waals surface area (Å²) >= 11 is 0. The van der Waals surface area contributed by atoms with Crippen LogP contribution in [0.5, 0.6) is 0 Å². The molecule has 3 aromatic heterocycles. The lowest BCUT2D eigenvalue weighted by atomic mass is 9.88. The first-order valence-electron chi connectivity index (χ1n) is 14.4. The first kappa shape index (κ1) is 25.3. The van der Waals surface area contributed by atoms with Crippen molar-refractivity contribution in [3.63, 3.8) is 0 Å². The van der Waals surface area contributed by atoms with Crippen molar-refractivity contribution in [1.82, 2.24) is 14.5 Å². The lowest BCUT2D eigenvalue weighted by Gasteiger charge is -2.24. The molecular weight excluding hydrogens is 502 g/mol. The summed E-state index contributed by atoms with van der Waals surface area (Å²) in [4.78, 5) is 9.95. The van der Waals surface area contributed by atoms with Gasteiger partial charge in [-0.1, -0.05) is 82.3 Å². The SMILES string of the molecule is Cc1ccc2c(n1)oc1c(-c3nc4ccccc4n3-c3c(C(C)C)cc(-c4ccccc4)cc3C(C)C)cccc12. The van der Waals surface area contributed by atoms with E-state index in [2.05, 4.69) is 123 Å². The van der Waals surface area contributed by atoms with Crippen LogP contribution in [0.3, 0.4) is 0 Å². The molecule has 0 unspecified atom stereocenters. The number of imidazole rings is 1. The average Bonchev–Trinajstić information content (AvgIpc) is 3.54. The van der Waals surface area contributed by atoms with Gasteiger partial charge >= 0.3 is 0 Å². The minimum atomic E-state index is 0.300. The number of benzene rings is 4. The molecule has 0 spiro atoms. The number of pyridine rings is 1. The number of aryl methyl sites for hydroxylation is 1. The Morgan fingerprint density at radius 1 is 0.659 bits per heavy atom. The van der Waals surface area contributed by atoms with E-state index in [0.29, 0.717) is 17.5 Å². The van der Waals surface area contributed by atoms with E-state index in [9.17, 15) is 0 Å². The molecule has 7 aromatic rings. The van der Waals surface area contributed by atoms with Gasteiger partial charge in [0.2, 0.25) is 5.71 Å². The van der Waals surface area contributed by atoms with E-state index in [4.69, 9.17) is 14.4 Å². The van der Waals surface area contributed by atoms with Gasteiger partial charge in [-0.3, -0.25) is 4.57 Å². The molecule has 0 atom stereocenters. The van der Waals surface area contributed by atoms with Crippen LogP contribution in [0, 0.1) is 6.92 Å². The summed E-state index contributed by atoms with van der Waals surface area (Å²) in [5.41, 5.74) is 11.7. The van der Waals surface area contributed by atoms with Crippen LogP contribution >= 0.6 is 0 Å². The molecule has 4 heteroatoms. The summed E-state index contributed by atoms with van der Waals surface area (Å²) in [6.45, 7) is 11.1. The number of hydrogen-bond acceptors (Lipinski definition) is 3. The third-order valence-corrected chi connectivity index (χ3v) is 8.05. The van der Waals surface area contributed by atoms with Crippen LogP contribution in [0.25, 0.3) is 61.3 Å². The second-order valence-corrected chi connectivity index (χ2v) is 11.5. The van der Waals surface area contributed by atoms with Crippen molar-refractivity contribution < 1.29 is 4.42 Å². The highest BCUT2D eigenvalue weighted by Gasteiger charge is 2.25. The predicted octanol–water partition coefficient (Wildman–Crippen LogP) is 10.2. The molecule has 41 heavy (non-hydrogen) atoms. The molecular formula is C37H33N3O. The number of nitrogens with zero attached hydrogens (tertiary/aromatic N) is 3. The molecule has 0 amide bonds. The fourth-order valence-corrected chi connectivity index (χ4v) is 6.00. The quantitative estimate of drug-likeness (QED) is 0.220. The summed E-state index contributed by atoms with van der Waals surface area (Å²) in [7, 11) is 0. The molecule has 4 nitrogen and oxygen atoms in total. The average molecular weight is 536 g/mol. The largest absolute Gasteiger partial charge is 0.437 e. The number of furan rings is 1. The first-order valence-corrected chi connectivity index (χ1v) is 14.4. The minimum Gasteiger partial charge on any atom is -0.437 e. The highest BCUT2D eigenvalue weighted by Crippen LogP contribution is 2.42. The lowest BCUT2D eigenvalue weighted by Crippen LogP contribution is -2.09. The molecule has 0 radical (unpaired) electrons. The topological polar surface area (TPSA) is 43.9 Å². The number of fused-ring (bicyclic) bond motifs is 4. The van der Waals surface area contributed by atoms with Gasteiger partial charge in [0.05, 0.1) is 22.3 Å². The van der Waals surface area contributed by atoms with Gasteiger partial charge in [-0.15, -0.1) is 0 Å². The fraction of sp³-hybridized carbons (Fsp3) is 0.189.